The predicted molar refractivity (Wildman–Crippen MR) is 64.1 cm³/mol. The molecule has 1 aromatic carbocycles. The molecule has 1 atom stereocenters. The second-order valence-corrected chi connectivity index (χ2v) is 4.23. The number of aliphatic carboxylic acids is 1. The third-order valence-electron chi connectivity index (χ3n) is 2.80. The summed E-state index contributed by atoms with van der Waals surface area (Å²) < 4.78 is 38.7. The van der Waals surface area contributed by atoms with Gasteiger partial charge in [0.05, 0.1) is 24.2 Å². The minimum Gasteiger partial charge on any atom is -0.481 e. The lowest BCUT2D eigenvalue weighted by Gasteiger charge is -2.16. The smallest absolute Gasteiger partial charge is 0.419 e. The molecule has 1 heterocycles. The van der Waals surface area contributed by atoms with Crippen molar-refractivity contribution in [2.45, 2.75) is 18.6 Å². The molecule has 0 fully saturated rings. The Kier molecular flexibility index (Phi) is 3.78. The molecule has 0 amide bonds. The van der Waals surface area contributed by atoms with Gasteiger partial charge in [0.25, 0.3) is 0 Å². The van der Waals surface area contributed by atoms with Gasteiger partial charge in [-0.25, -0.2) is 0 Å². The fourth-order valence-corrected chi connectivity index (χ4v) is 1.86. The van der Waals surface area contributed by atoms with Crippen LogP contribution in [0.3, 0.4) is 0 Å². The Balaban J connectivity index is 2.37. The SMILES string of the molecule is O=C(O)CC(c1ccccc1)n1cc(C(F)(F)F)cn1. The molecule has 0 aliphatic heterocycles. The fraction of sp³-hybridized carbons (Fsp3) is 0.231. The number of alkyl halides is 3. The van der Waals surface area contributed by atoms with Crippen LogP contribution in [0.4, 0.5) is 13.2 Å². The molecule has 0 aliphatic carbocycles. The number of hydrogen-bond donors (Lipinski definition) is 1. The van der Waals surface area contributed by atoms with E-state index in [0.29, 0.717) is 11.8 Å². The lowest BCUT2D eigenvalue weighted by Crippen LogP contribution is -2.15. The van der Waals surface area contributed by atoms with Gasteiger partial charge in [0.2, 0.25) is 0 Å². The van der Waals surface area contributed by atoms with Gasteiger partial charge in [-0.3, -0.25) is 9.48 Å². The molecule has 0 spiro atoms. The summed E-state index contributed by atoms with van der Waals surface area (Å²) in [7, 11) is 0. The molecule has 4 nitrogen and oxygen atoms in total. The fourth-order valence-electron chi connectivity index (χ4n) is 1.86. The lowest BCUT2D eigenvalue weighted by atomic mass is 10.0. The Morgan fingerprint density at radius 3 is 2.45 bits per heavy atom. The van der Waals surface area contributed by atoms with Gasteiger partial charge in [0.15, 0.2) is 0 Å². The zero-order valence-corrected chi connectivity index (χ0v) is 10.2. The second kappa shape index (κ2) is 5.36. The molecule has 2 rings (SSSR count). The Labute approximate surface area is 112 Å². The van der Waals surface area contributed by atoms with Crippen molar-refractivity contribution in [2.24, 2.45) is 0 Å². The monoisotopic (exact) mass is 284 g/mol. The molecule has 0 aliphatic rings. The number of benzene rings is 1. The highest BCUT2D eigenvalue weighted by molar-refractivity contribution is 5.68. The van der Waals surface area contributed by atoms with Gasteiger partial charge in [0, 0.05) is 6.20 Å². The topological polar surface area (TPSA) is 55.1 Å². The molecule has 0 saturated heterocycles. The van der Waals surface area contributed by atoms with E-state index in [9.17, 15) is 18.0 Å². The first kappa shape index (κ1) is 14.1. The third-order valence-corrected chi connectivity index (χ3v) is 2.80. The highest BCUT2D eigenvalue weighted by Gasteiger charge is 2.33. The number of carboxylic acids is 1. The van der Waals surface area contributed by atoms with Gasteiger partial charge < -0.3 is 5.11 Å². The van der Waals surface area contributed by atoms with Gasteiger partial charge in [-0.15, -0.1) is 0 Å². The Hall–Kier alpha value is -2.31. The Morgan fingerprint density at radius 1 is 1.30 bits per heavy atom. The van der Waals surface area contributed by atoms with E-state index >= 15 is 0 Å². The van der Waals surface area contributed by atoms with E-state index in [1.54, 1.807) is 30.3 Å². The quantitative estimate of drug-likeness (QED) is 0.939. The highest BCUT2D eigenvalue weighted by Crippen LogP contribution is 2.30. The lowest BCUT2D eigenvalue weighted by molar-refractivity contribution is -0.138. The van der Waals surface area contributed by atoms with Gasteiger partial charge in [-0.2, -0.15) is 18.3 Å². The van der Waals surface area contributed by atoms with Gasteiger partial charge >= 0.3 is 12.1 Å². The summed E-state index contributed by atoms with van der Waals surface area (Å²) in [6, 6.07) is 7.66. The van der Waals surface area contributed by atoms with Crippen LogP contribution in [-0.2, 0) is 11.0 Å². The molecule has 20 heavy (non-hydrogen) atoms. The molecule has 1 unspecified atom stereocenters. The van der Waals surface area contributed by atoms with Crippen LogP contribution in [0.2, 0.25) is 0 Å². The van der Waals surface area contributed by atoms with E-state index in [1.807, 2.05) is 0 Å². The first-order valence-corrected chi connectivity index (χ1v) is 5.76. The molecular weight excluding hydrogens is 273 g/mol. The Bertz CT molecular complexity index is 593. The van der Waals surface area contributed by atoms with Crippen molar-refractivity contribution in [1.82, 2.24) is 9.78 Å². The largest absolute Gasteiger partial charge is 0.481 e. The summed E-state index contributed by atoms with van der Waals surface area (Å²) in [5.41, 5.74) is -0.310. The van der Waals surface area contributed by atoms with Crippen molar-refractivity contribution in [2.75, 3.05) is 0 Å². The summed E-state index contributed by atoms with van der Waals surface area (Å²) in [5, 5.41) is 12.6. The molecule has 7 heteroatoms. The first-order chi connectivity index (χ1) is 9.38. The van der Waals surface area contributed by atoms with Gasteiger partial charge in [-0.1, -0.05) is 30.3 Å². The average molecular weight is 284 g/mol. The number of hydrogen-bond acceptors (Lipinski definition) is 2. The van der Waals surface area contributed by atoms with Crippen LogP contribution in [0.25, 0.3) is 0 Å². The van der Waals surface area contributed by atoms with Gasteiger partial charge in [-0.05, 0) is 5.56 Å². The van der Waals surface area contributed by atoms with Crippen molar-refractivity contribution >= 4 is 5.97 Å². The van der Waals surface area contributed by atoms with E-state index in [4.69, 9.17) is 5.11 Å². The normalized spacial score (nSPS) is 13.2. The van der Waals surface area contributed by atoms with Crippen LogP contribution in [0.5, 0.6) is 0 Å². The maximum Gasteiger partial charge on any atom is 0.419 e. The van der Waals surface area contributed by atoms with Crippen molar-refractivity contribution in [3.8, 4) is 0 Å². The predicted octanol–water partition coefficient (Wildman–Crippen LogP) is 2.97. The summed E-state index contributed by atoms with van der Waals surface area (Å²) in [4.78, 5) is 10.9. The summed E-state index contributed by atoms with van der Waals surface area (Å²) >= 11 is 0. The standard InChI is InChI=1S/C13H11F3N2O2/c14-13(15,16)10-7-17-18(8-10)11(6-12(19)20)9-4-2-1-3-5-9/h1-5,7-8,11H,6H2,(H,19,20). The van der Waals surface area contributed by atoms with Crippen LogP contribution in [0.15, 0.2) is 42.7 Å². The second-order valence-electron chi connectivity index (χ2n) is 4.23. The number of rotatable bonds is 4. The van der Waals surface area contributed by atoms with Crippen LogP contribution >= 0.6 is 0 Å². The van der Waals surface area contributed by atoms with Gasteiger partial charge in [0.1, 0.15) is 0 Å². The number of aromatic nitrogens is 2. The van der Waals surface area contributed by atoms with Crippen molar-refractivity contribution in [1.29, 1.82) is 0 Å². The molecule has 2 aromatic rings. The van der Waals surface area contributed by atoms with Crippen LogP contribution in [0, 0.1) is 0 Å². The zero-order valence-electron chi connectivity index (χ0n) is 10.2. The number of nitrogens with zero attached hydrogens (tertiary/aromatic N) is 2. The summed E-state index contributed by atoms with van der Waals surface area (Å²) in [5.74, 6) is -1.11. The molecule has 0 radical (unpaired) electrons. The van der Waals surface area contributed by atoms with E-state index < -0.39 is 23.8 Å². The van der Waals surface area contributed by atoms with Crippen molar-refractivity contribution < 1.29 is 23.1 Å². The maximum atomic E-state index is 12.6. The molecule has 106 valence electrons. The molecule has 1 N–H and O–H groups in total. The summed E-state index contributed by atoms with van der Waals surface area (Å²) in [6.45, 7) is 0. The van der Waals surface area contributed by atoms with Crippen LogP contribution in [0.1, 0.15) is 23.6 Å². The molecule has 1 aromatic heterocycles. The zero-order chi connectivity index (χ0) is 14.8. The first-order valence-electron chi connectivity index (χ1n) is 5.76. The number of halogens is 3. The van der Waals surface area contributed by atoms with E-state index in [2.05, 4.69) is 5.10 Å². The summed E-state index contributed by atoms with van der Waals surface area (Å²) in [6.07, 6.45) is -3.33. The van der Waals surface area contributed by atoms with E-state index in [-0.39, 0.29) is 6.42 Å². The minimum atomic E-state index is -4.50. The Morgan fingerprint density at radius 2 is 1.95 bits per heavy atom. The number of carboxylic acid groups (broad SMARTS) is 1. The molecule has 0 bridgehead atoms. The van der Waals surface area contributed by atoms with Crippen molar-refractivity contribution in [3.05, 3.63) is 53.9 Å². The minimum absolute atomic E-state index is 0.344. The number of carbonyl (C=O) groups is 1. The van der Waals surface area contributed by atoms with E-state index in [0.717, 1.165) is 10.9 Å². The third kappa shape index (κ3) is 3.17. The highest BCUT2D eigenvalue weighted by atomic mass is 19.4. The maximum absolute atomic E-state index is 12.6. The van der Waals surface area contributed by atoms with Crippen LogP contribution in [-0.4, -0.2) is 20.9 Å². The van der Waals surface area contributed by atoms with Crippen LogP contribution < -0.4 is 0 Å². The van der Waals surface area contributed by atoms with E-state index in [1.165, 1.54) is 0 Å². The molecular formula is C13H11F3N2O2. The average Bonchev–Trinajstić information content (AvgIpc) is 2.86. The van der Waals surface area contributed by atoms with Crippen molar-refractivity contribution in [3.63, 3.8) is 0 Å². The molecule has 0 saturated carbocycles.